The molecule has 0 aliphatic rings. The first-order chi connectivity index (χ1) is 14.3. The highest BCUT2D eigenvalue weighted by Gasteiger charge is 2.06. The Bertz CT molecular complexity index is 1020. The molecule has 0 fully saturated rings. The molecule has 1 N–H and O–H groups in total. The summed E-state index contributed by atoms with van der Waals surface area (Å²) in [6.07, 6.45) is 11.5. The van der Waals surface area contributed by atoms with Crippen LogP contribution < -0.4 is 5.32 Å². The molecule has 0 aliphatic carbocycles. The summed E-state index contributed by atoms with van der Waals surface area (Å²) < 4.78 is 4.07. The van der Waals surface area contributed by atoms with Crippen molar-refractivity contribution in [1.29, 1.82) is 0 Å². The van der Waals surface area contributed by atoms with Crippen LogP contribution in [0.1, 0.15) is 28.9 Å². The van der Waals surface area contributed by atoms with Crippen LogP contribution in [0.15, 0.2) is 78.5 Å². The molecule has 0 bridgehead atoms. The molecular formula is C22H23N5OS. The number of nitrogens with zero attached hydrogens (tertiary/aromatic N) is 4. The summed E-state index contributed by atoms with van der Waals surface area (Å²) in [7, 11) is 0. The maximum atomic E-state index is 12.3. The van der Waals surface area contributed by atoms with Gasteiger partial charge in [0.15, 0.2) is 0 Å². The molecule has 0 radical (unpaired) electrons. The Labute approximate surface area is 174 Å². The fourth-order valence-corrected chi connectivity index (χ4v) is 3.84. The van der Waals surface area contributed by atoms with E-state index in [2.05, 4.69) is 21.5 Å². The zero-order valence-electron chi connectivity index (χ0n) is 16.1. The first-order valence-electron chi connectivity index (χ1n) is 9.67. The van der Waals surface area contributed by atoms with Gasteiger partial charge in [0.2, 0.25) is 0 Å². The predicted molar refractivity (Wildman–Crippen MR) is 115 cm³/mol. The minimum atomic E-state index is -0.0236. The lowest BCUT2D eigenvalue weighted by atomic mass is 10.2. The van der Waals surface area contributed by atoms with Gasteiger partial charge in [-0.2, -0.15) is 0 Å². The van der Waals surface area contributed by atoms with Gasteiger partial charge in [0.25, 0.3) is 5.91 Å². The number of aromatic nitrogens is 4. The van der Waals surface area contributed by atoms with E-state index in [1.54, 1.807) is 18.0 Å². The lowest BCUT2D eigenvalue weighted by Crippen LogP contribution is -2.24. The van der Waals surface area contributed by atoms with Gasteiger partial charge in [-0.3, -0.25) is 4.79 Å². The van der Waals surface area contributed by atoms with Crippen molar-refractivity contribution in [3.8, 4) is 0 Å². The van der Waals surface area contributed by atoms with Gasteiger partial charge in [0, 0.05) is 54.1 Å². The third-order valence-electron chi connectivity index (χ3n) is 4.60. The van der Waals surface area contributed by atoms with Crippen molar-refractivity contribution in [3.05, 3.63) is 84.8 Å². The molecule has 4 aromatic rings. The molecule has 1 aromatic carbocycles. The fourth-order valence-electron chi connectivity index (χ4n) is 3.06. The topological polar surface area (TPSA) is 64.2 Å². The molecule has 3 heterocycles. The number of carbonyl (C=O) groups excluding carboxylic acids is 1. The van der Waals surface area contributed by atoms with Crippen molar-refractivity contribution in [2.24, 2.45) is 0 Å². The normalized spacial score (nSPS) is 11.0. The number of pyridine rings is 1. The van der Waals surface area contributed by atoms with Crippen LogP contribution in [0.4, 0.5) is 0 Å². The van der Waals surface area contributed by atoms with Crippen LogP contribution in [0.2, 0.25) is 0 Å². The van der Waals surface area contributed by atoms with Gasteiger partial charge < -0.3 is 14.3 Å². The minimum absolute atomic E-state index is 0.0236. The van der Waals surface area contributed by atoms with Crippen molar-refractivity contribution in [2.45, 2.75) is 30.0 Å². The van der Waals surface area contributed by atoms with Crippen LogP contribution in [0, 0.1) is 0 Å². The number of amides is 1. The second-order valence-electron chi connectivity index (χ2n) is 6.77. The number of benzene rings is 1. The van der Waals surface area contributed by atoms with Gasteiger partial charge >= 0.3 is 0 Å². The Kier molecular flexibility index (Phi) is 6.26. The highest BCUT2D eigenvalue weighted by atomic mass is 32.2. The number of nitrogens with one attached hydrogen (secondary N) is 1. The van der Waals surface area contributed by atoms with E-state index in [0.717, 1.165) is 41.4 Å². The van der Waals surface area contributed by atoms with Gasteiger partial charge in [0.1, 0.15) is 5.65 Å². The van der Waals surface area contributed by atoms with E-state index in [9.17, 15) is 4.79 Å². The summed E-state index contributed by atoms with van der Waals surface area (Å²) in [5, 5.41) is 2.99. The van der Waals surface area contributed by atoms with E-state index in [-0.39, 0.29) is 5.91 Å². The highest BCUT2D eigenvalue weighted by Crippen LogP contribution is 2.23. The monoisotopic (exact) mass is 405 g/mol. The van der Waals surface area contributed by atoms with Gasteiger partial charge in [-0.25, -0.2) is 9.97 Å². The fraction of sp³-hybridized carbons (Fsp3) is 0.227. The Morgan fingerprint density at radius 3 is 2.76 bits per heavy atom. The zero-order valence-corrected chi connectivity index (χ0v) is 16.9. The van der Waals surface area contributed by atoms with E-state index in [1.807, 2.05) is 70.2 Å². The molecule has 0 atom stereocenters. The molecule has 0 spiro atoms. The van der Waals surface area contributed by atoms with Gasteiger partial charge in [-0.1, -0.05) is 6.07 Å². The molecular weight excluding hydrogens is 382 g/mol. The summed E-state index contributed by atoms with van der Waals surface area (Å²) in [6.45, 7) is 1.60. The van der Waals surface area contributed by atoms with Crippen molar-refractivity contribution < 1.29 is 4.79 Å². The molecule has 29 heavy (non-hydrogen) atoms. The average Bonchev–Trinajstić information content (AvgIpc) is 3.41. The number of rotatable bonds is 9. The molecule has 3 aromatic heterocycles. The molecule has 1 amide bonds. The smallest absolute Gasteiger partial charge is 0.251 e. The SMILES string of the molecule is O=C(NCCCCn1ccnc1)c1ccc(SCc2cn3ccccc3n2)cc1. The van der Waals surface area contributed by atoms with E-state index >= 15 is 0 Å². The second-order valence-corrected chi connectivity index (χ2v) is 7.82. The maximum Gasteiger partial charge on any atom is 0.251 e. The first-order valence-corrected chi connectivity index (χ1v) is 10.7. The van der Waals surface area contributed by atoms with Crippen molar-refractivity contribution in [2.75, 3.05) is 6.54 Å². The lowest BCUT2D eigenvalue weighted by Gasteiger charge is -2.06. The molecule has 0 aliphatic heterocycles. The zero-order chi connectivity index (χ0) is 19.9. The number of aryl methyl sites for hydroxylation is 1. The number of carbonyl (C=O) groups is 1. The van der Waals surface area contributed by atoms with Crippen molar-refractivity contribution >= 4 is 23.3 Å². The van der Waals surface area contributed by atoms with Crippen molar-refractivity contribution in [1.82, 2.24) is 24.3 Å². The molecule has 4 rings (SSSR count). The van der Waals surface area contributed by atoms with E-state index in [4.69, 9.17) is 0 Å². The standard InChI is InChI=1S/C22H23N5OS/c28-22(24-10-2-4-12-26-14-11-23-17-26)18-6-8-20(9-7-18)29-16-19-15-27-13-3-1-5-21(27)25-19/h1,3,5-9,11,13-15,17H,2,4,10,12,16H2,(H,24,28). The second kappa shape index (κ2) is 9.43. The van der Waals surface area contributed by atoms with E-state index in [0.29, 0.717) is 12.1 Å². The Morgan fingerprint density at radius 2 is 1.97 bits per heavy atom. The first kappa shape index (κ1) is 19.3. The van der Waals surface area contributed by atoms with Crippen LogP contribution in [0.5, 0.6) is 0 Å². The van der Waals surface area contributed by atoms with Crippen LogP contribution in [-0.2, 0) is 12.3 Å². The maximum absolute atomic E-state index is 12.3. The lowest BCUT2D eigenvalue weighted by molar-refractivity contribution is 0.0953. The highest BCUT2D eigenvalue weighted by molar-refractivity contribution is 7.98. The van der Waals surface area contributed by atoms with Gasteiger partial charge in [0.05, 0.1) is 12.0 Å². The van der Waals surface area contributed by atoms with Crippen LogP contribution in [-0.4, -0.2) is 31.4 Å². The Hall–Kier alpha value is -3.06. The largest absolute Gasteiger partial charge is 0.352 e. The quantitative estimate of drug-likeness (QED) is 0.337. The van der Waals surface area contributed by atoms with Crippen LogP contribution >= 0.6 is 11.8 Å². The predicted octanol–water partition coefficient (Wildman–Crippen LogP) is 4.03. The third kappa shape index (κ3) is 5.26. The number of hydrogen-bond acceptors (Lipinski definition) is 4. The van der Waals surface area contributed by atoms with Gasteiger partial charge in [-0.15, -0.1) is 11.8 Å². The number of fused-ring (bicyclic) bond motifs is 1. The molecule has 0 saturated heterocycles. The van der Waals surface area contributed by atoms with Crippen LogP contribution in [0.3, 0.4) is 0 Å². The molecule has 0 unspecified atom stereocenters. The summed E-state index contributed by atoms with van der Waals surface area (Å²) in [6, 6.07) is 13.7. The van der Waals surface area contributed by atoms with Crippen molar-refractivity contribution in [3.63, 3.8) is 0 Å². The van der Waals surface area contributed by atoms with E-state index < -0.39 is 0 Å². The molecule has 7 heteroatoms. The number of unbranched alkanes of at least 4 members (excludes halogenated alkanes) is 1. The van der Waals surface area contributed by atoms with E-state index in [1.165, 1.54) is 0 Å². The van der Waals surface area contributed by atoms with Gasteiger partial charge in [-0.05, 0) is 49.2 Å². The summed E-state index contributed by atoms with van der Waals surface area (Å²) in [5.41, 5.74) is 2.69. The summed E-state index contributed by atoms with van der Waals surface area (Å²) >= 11 is 1.72. The minimum Gasteiger partial charge on any atom is -0.352 e. The number of imidazole rings is 2. The third-order valence-corrected chi connectivity index (χ3v) is 5.65. The molecule has 0 saturated carbocycles. The Balaban J connectivity index is 1.21. The number of thioether (sulfide) groups is 1. The van der Waals surface area contributed by atoms with Crippen LogP contribution in [0.25, 0.3) is 5.65 Å². The molecule has 6 nitrogen and oxygen atoms in total. The Morgan fingerprint density at radius 1 is 1.07 bits per heavy atom. The average molecular weight is 406 g/mol. The summed E-state index contributed by atoms with van der Waals surface area (Å²) in [4.78, 5) is 22.0. The molecule has 148 valence electrons. The summed E-state index contributed by atoms with van der Waals surface area (Å²) in [5.74, 6) is 0.772. The number of hydrogen-bond donors (Lipinski definition) is 1.